The molecule has 1 aliphatic heterocycles. The molecule has 0 spiro atoms. The van der Waals surface area contributed by atoms with E-state index in [1.54, 1.807) is 25.4 Å². The molecular weight excluding hydrogens is 466 g/mol. The van der Waals surface area contributed by atoms with Gasteiger partial charge in [-0.1, -0.05) is 0 Å². The molecule has 1 aromatic carbocycles. The number of hydrogen-bond acceptors (Lipinski definition) is 10. The number of fused-ring (bicyclic) bond motifs is 1. The summed E-state index contributed by atoms with van der Waals surface area (Å²) in [5, 5.41) is 14.5. The first kappa shape index (κ1) is 25.6. The summed E-state index contributed by atoms with van der Waals surface area (Å²) >= 11 is 0. The molecule has 0 unspecified atom stereocenters. The summed E-state index contributed by atoms with van der Waals surface area (Å²) in [4.78, 5) is 23.0. The Hall–Kier alpha value is -3.44. The maximum Gasteiger partial charge on any atom is 0.328 e. The van der Waals surface area contributed by atoms with E-state index in [0.717, 1.165) is 32.5 Å². The number of rotatable bonds is 9. The van der Waals surface area contributed by atoms with E-state index < -0.39 is 5.60 Å². The molecule has 11 heteroatoms. The molecule has 1 saturated heterocycles. The first-order valence-electron chi connectivity index (χ1n) is 12.0. The zero-order valence-corrected chi connectivity index (χ0v) is 21.1. The number of aliphatic hydroxyl groups is 1. The first-order valence-corrected chi connectivity index (χ1v) is 12.0. The van der Waals surface area contributed by atoms with Gasteiger partial charge in [-0.15, -0.1) is 0 Å². The van der Waals surface area contributed by atoms with E-state index in [4.69, 9.17) is 18.9 Å². The molecule has 0 atom stereocenters. The van der Waals surface area contributed by atoms with Crippen LogP contribution in [0, 0.1) is 0 Å². The third-order valence-electron chi connectivity index (χ3n) is 5.64. The van der Waals surface area contributed by atoms with Gasteiger partial charge in [-0.2, -0.15) is 5.10 Å². The van der Waals surface area contributed by atoms with Crippen LogP contribution >= 0.6 is 0 Å². The molecule has 0 radical (unpaired) electrons. The van der Waals surface area contributed by atoms with E-state index in [1.165, 1.54) is 17.2 Å². The molecule has 3 aromatic rings. The third-order valence-corrected chi connectivity index (χ3v) is 5.64. The predicted octanol–water partition coefficient (Wildman–Crippen LogP) is 2.80. The molecule has 0 bridgehead atoms. The predicted molar refractivity (Wildman–Crippen MR) is 131 cm³/mol. The molecule has 4 rings (SSSR count). The highest BCUT2D eigenvalue weighted by molar-refractivity contribution is 5.87. The average molecular weight is 500 g/mol. The van der Waals surface area contributed by atoms with E-state index in [1.807, 2.05) is 20.8 Å². The number of likely N-dealkylation sites (tertiary alicyclic amines) is 1. The highest BCUT2D eigenvalue weighted by Crippen LogP contribution is 2.36. The lowest BCUT2D eigenvalue weighted by Crippen LogP contribution is -2.38. The number of nitrogens with zero attached hydrogens (tertiary/aromatic N) is 5. The van der Waals surface area contributed by atoms with Crippen LogP contribution in [0.4, 0.5) is 0 Å². The Morgan fingerprint density at radius 1 is 1.17 bits per heavy atom. The van der Waals surface area contributed by atoms with Crippen LogP contribution in [0.2, 0.25) is 0 Å². The molecule has 1 N–H and O–H groups in total. The number of carbonyl (C=O) groups excluding carboxylic acids is 1. The number of ether oxygens (including phenoxy) is 4. The first-order chi connectivity index (χ1) is 17.2. The van der Waals surface area contributed by atoms with Crippen LogP contribution in [-0.4, -0.2) is 80.8 Å². The average Bonchev–Trinajstić information content (AvgIpc) is 3.25. The maximum atomic E-state index is 12.1. The number of piperidine rings is 1. The largest absolute Gasteiger partial charge is 0.493 e. The number of hydrogen-bond donors (Lipinski definition) is 1. The summed E-state index contributed by atoms with van der Waals surface area (Å²) in [7, 11) is 1.57. The van der Waals surface area contributed by atoms with E-state index in [9.17, 15) is 9.90 Å². The van der Waals surface area contributed by atoms with Gasteiger partial charge in [-0.25, -0.2) is 9.97 Å². The van der Waals surface area contributed by atoms with Gasteiger partial charge in [0.1, 0.15) is 25.1 Å². The van der Waals surface area contributed by atoms with E-state index in [-0.39, 0.29) is 18.6 Å². The van der Waals surface area contributed by atoms with Crippen LogP contribution in [0.5, 0.6) is 23.1 Å². The van der Waals surface area contributed by atoms with Crippen LogP contribution < -0.4 is 14.2 Å². The highest BCUT2D eigenvalue weighted by Gasteiger charge is 2.19. The van der Waals surface area contributed by atoms with Gasteiger partial charge in [-0.3, -0.25) is 14.4 Å². The van der Waals surface area contributed by atoms with Gasteiger partial charge in [0.2, 0.25) is 5.88 Å². The van der Waals surface area contributed by atoms with E-state index >= 15 is 0 Å². The lowest BCUT2D eigenvalue weighted by Gasteiger charge is -2.29. The quantitative estimate of drug-likeness (QED) is 0.440. The number of aromatic nitrogens is 4. The Labute approximate surface area is 209 Å². The minimum absolute atomic E-state index is 0.0301. The molecule has 2 aromatic heterocycles. The summed E-state index contributed by atoms with van der Waals surface area (Å²) in [5.74, 6) is 1.48. The Balaban J connectivity index is 1.43. The van der Waals surface area contributed by atoms with Crippen LogP contribution in [0.1, 0.15) is 33.6 Å². The van der Waals surface area contributed by atoms with Gasteiger partial charge in [0.25, 0.3) is 0 Å². The zero-order chi connectivity index (χ0) is 25.7. The standard InChI is InChI=1S/C25H33N5O6/c1-25(2,3)36-23(32)15-30-14-18(13-28-30)35-24-19-11-21(33-4)22(12-20(19)26-16-27-24)34-10-9-29-7-5-17(31)6-8-29/h11-14,16-17,31H,5-10,15H2,1-4H3. The second kappa shape index (κ2) is 11.1. The normalized spacial score (nSPS) is 15.1. The molecule has 3 heterocycles. The van der Waals surface area contributed by atoms with E-state index in [0.29, 0.717) is 40.6 Å². The van der Waals surface area contributed by atoms with Gasteiger partial charge in [0, 0.05) is 25.7 Å². The Kier molecular flexibility index (Phi) is 7.90. The molecule has 36 heavy (non-hydrogen) atoms. The Morgan fingerprint density at radius 3 is 2.67 bits per heavy atom. The van der Waals surface area contributed by atoms with Crippen LogP contribution in [0.3, 0.4) is 0 Å². The van der Waals surface area contributed by atoms with Crippen molar-refractivity contribution in [2.75, 3.05) is 33.4 Å². The van der Waals surface area contributed by atoms with Crippen molar-refractivity contribution in [3.63, 3.8) is 0 Å². The smallest absolute Gasteiger partial charge is 0.328 e. The summed E-state index contributed by atoms with van der Waals surface area (Å²) in [6.45, 7) is 8.39. The number of aliphatic hydroxyl groups excluding tert-OH is 1. The lowest BCUT2D eigenvalue weighted by molar-refractivity contribution is -0.155. The van der Waals surface area contributed by atoms with Crippen LogP contribution in [0.15, 0.2) is 30.9 Å². The minimum atomic E-state index is -0.567. The molecule has 0 aliphatic carbocycles. The fraction of sp³-hybridized carbons (Fsp3) is 0.520. The van der Waals surface area contributed by atoms with Gasteiger partial charge in [-0.05, 0) is 39.7 Å². The van der Waals surface area contributed by atoms with Crippen molar-refractivity contribution < 1.29 is 28.8 Å². The van der Waals surface area contributed by atoms with Crippen LogP contribution in [-0.2, 0) is 16.1 Å². The molecule has 0 saturated carbocycles. The minimum Gasteiger partial charge on any atom is -0.493 e. The number of esters is 1. The van der Waals surface area contributed by atoms with Crippen molar-refractivity contribution >= 4 is 16.9 Å². The van der Waals surface area contributed by atoms with Crippen molar-refractivity contribution in [3.8, 4) is 23.1 Å². The van der Waals surface area contributed by atoms with Crippen LogP contribution in [0.25, 0.3) is 10.9 Å². The number of carbonyl (C=O) groups is 1. The zero-order valence-electron chi connectivity index (χ0n) is 21.1. The second-order valence-corrected chi connectivity index (χ2v) is 9.68. The third kappa shape index (κ3) is 6.82. The van der Waals surface area contributed by atoms with Crippen molar-refractivity contribution in [1.29, 1.82) is 0 Å². The summed E-state index contributed by atoms with van der Waals surface area (Å²) in [6.07, 6.45) is 5.91. The van der Waals surface area contributed by atoms with Gasteiger partial charge < -0.3 is 24.1 Å². The SMILES string of the molecule is COc1cc2c(Oc3cnn(CC(=O)OC(C)(C)C)c3)ncnc2cc1OCCN1CCC(O)CC1. The Bertz CT molecular complexity index is 1180. The Morgan fingerprint density at radius 2 is 1.94 bits per heavy atom. The molecule has 1 aliphatic rings. The summed E-state index contributed by atoms with van der Waals surface area (Å²) in [5.41, 5.74) is 0.0698. The molecular formula is C25H33N5O6. The fourth-order valence-electron chi connectivity index (χ4n) is 3.92. The topological polar surface area (TPSA) is 121 Å². The van der Waals surface area contributed by atoms with Crippen molar-refractivity contribution in [2.45, 2.75) is 51.9 Å². The summed E-state index contributed by atoms with van der Waals surface area (Å²) in [6, 6.07) is 3.58. The van der Waals surface area contributed by atoms with E-state index in [2.05, 4.69) is 20.0 Å². The van der Waals surface area contributed by atoms with Crippen molar-refractivity contribution in [3.05, 3.63) is 30.9 Å². The van der Waals surface area contributed by atoms with Crippen molar-refractivity contribution in [2.24, 2.45) is 0 Å². The van der Waals surface area contributed by atoms with Gasteiger partial charge in [0.15, 0.2) is 17.2 Å². The number of benzene rings is 1. The highest BCUT2D eigenvalue weighted by atomic mass is 16.6. The van der Waals surface area contributed by atoms with Gasteiger partial charge >= 0.3 is 5.97 Å². The number of methoxy groups -OCH3 is 1. The van der Waals surface area contributed by atoms with Crippen molar-refractivity contribution in [1.82, 2.24) is 24.6 Å². The maximum absolute atomic E-state index is 12.1. The summed E-state index contributed by atoms with van der Waals surface area (Å²) < 4.78 is 24.3. The van der Waals surface area contributed by atoms with Gasteiger partial charge in [0.05, 0.1) is 36.5 Å². The second-order valence-electron chi connectivity index (χ2n) is 9.68. The molecule has 11 nitrogen and oxygen atoms in total. The molecule has 0 amide bonds. The molecule has 1 fully saturated rings. The monoisotopic (exact) mass is 499 g/mol. The fourth-order valence-corrected chi connectivity index (χ4v) is 3.92. The lowest BCUT2D eigenvalue weighted by atomic mass is 10.1. The molecule has 194 valence electrons.